The fraction of sp³-hybridized carbons (Fsp3) is 0.316. The zero-order valence-electron chi connectivity index (χ0n) is 14.8. The number of rotatable bonds is 5. The number of likely N-dealkylation sites (tertiary alicyclic amines) is 1. The molecule has 1 atom stereocenters. The van der Waals surface area contributed by atoms with E-state index in [9.17, 15) is 9.18 Å². The van der Waals surface area contributed by atoms with E-state index >= 15 is 0 Å². The molecule has 0 bridgehead atoms. The van der Waals surface area contributed by atoms with Gasteiger partial charge in [0.1, 0.15) is 23.1 Å². The zero-order valence-corrected chi connectivity index (χ0v) is 15.6. The maximum absolute atomic E-state index is 13.2. The van der Waals surface area contributed by atoms with Gasteiger partial charge in [0.25, 0.3) is 5.91 Å². The summed E-state index contributed by atoms with van der Waals surface area (Å²) in [7, 11) is 0. The molecule has 8 heteroatoms. The van der Waals surface area contributed by atoms with Crippen LogP contribution in [0.5, 0.6) is 5.75 Å². The molecule has 1 amide bonds. The number of hydrogen-bond donors (Lipinski definition) is 1. The van der Waals surface area contributed by atoms with Gasteiger partial charge in [-0.2, -0.15) is 5.10 Å². The topological polar surface area (TPSA) is 71.1 Å². The van der Waals surface area contributed by atoms with E-state index in [1.807, 2.05) is 17.9 Å². The van der Waals surface area contributed by atoms with Crippen molar-refractivity contribution in [2.75, 3.05) is 13.1 Å². The fourth-order valence-corrected chi connectivity index (χ4v) is 3.99. The van der Waals surface area contributed by atoms with Gasteiger partial charge >= 0.3 is 0 Å². The number of thiazole rings is 1. The van der Waals surface area contributed by atoms with Crippen LogP contribution in [0.2, 0.25) is 0 Å². The highest BCUT2D eigenvalue weighted by molar-refractivity contribution is 7.11. The Labute approximate surface area is 160 Å². The summed E-state index contributed by atoms with van der Waals surface area (Å²) < 4.78 is 18.8. The average molecular weight is 386 g/mol. The van der Waals surface area contributed by atoms with E-state index in [1.54, 1.807) is 17.6 Å². The van der Waals surface area contributed by atoms with Crippen LogP contribution in [-0.2, 0) is 6.61 Å². The first-order valence-corrected chi connectivity index (χ1v) is 9.60. The Morgan fingerprint density at radius 3 is 3.11 bits per heavy atom. The van der Waals surface area contributed by atoms with Gasteiger partial charge in [0, 0.05) is 25.1 Å². The summed E-state index contributed by atoms with van der Waals surface area (Å²) >= 11 is 1.38. The molecule has 1 aromatic carbocycles. The van der Waals surface area contributed by atoms with Crippen molar-refractivity contribution in [1.29, 1.82) is 0 Å². The minimum Gasteiger partial charge on any atom is -0.487 e. The summed E-state index contributed by atoms with van der Waals surface area (Å²) in [6.07, 6.45) is 0.874. The second kappa shape index (κ2) is 7.48. The smallest absolute Gasteiger partial charge is 0.265 e. The number of benzene rings is 1. The summed E-state index contributed by atoms with van der Waals surface area (Å²) in [5, 5.41) is 7.34. The molecule has 3 heterocycles. The van der Waals surface area contributed by atoms with Gasteiger partial charge in [-0.1, -0.05) is 6.07 Å². The third kappa shape index (κ3) is 3.85. The number of nitrogens with zero attached hydrogens (tertiary/aromatic N) is 3. The molecule has 4 rings (SSSR count). The summed E-state index contributed by atoms with van der Waals surface area (Å²) in [6, 6.07) is 8.00. The van der Waals surface area contributed by atoms with Crippen LogP contribution in [0.1, 0.15) is 39.1 Å². The molecule has 1 unspecified atom stereocenters. The van der Waals surface area contributed by atoms with Crippen LogP contribution in [0.15, 0.2) is 35.8 Å². The number of aromatic amines is 1. The summed E-state index contributed by atoms with van der Waals surface area (Å²) in [4.78, 5) is 19.3. The Kier molecular flexibility index (Phi) is 4.89. The van der Waals surface area contributed by atoms with E-state index in [2.05, 4.69) is 15.2 Å². The number of ether oxygens (including phenoxy) is 1. The number of aryl methyl sites for hydroxylation is 1. The van der Waals surface area contributed by atoms with Crippen molar-refractivity contribution in [3.63, 3.8) is 0 Å². The highest BCUT2D eigenvalue weighted by Gasteiger charge is 2.30. The van der Waals surface area contributed by atoms with Gasteiger partial charge in [0.15, 0.2) is 0 Å². The Bertz CT molecular complexity index is 955. The molecule has 0 aliphatic carbocycles. The molecule has 140 valence electrons. The third-order valence-corrected chi connectivity index (χ3v) is 5.59. The number of carbonyl (C=O) groups is 1. The van der Waals surface area contributed by atoms with Crippen molar-refractivity contribution in [2.45, 2.75) is 25.9 Å². The minimum absolute atomic E-state index is 0.0442. The highest BCUT2D eigenvalue weighted by atomic mass is 32.1. The summed E-state index contributed by atoms with van der Waals surface area (Å²) in [5.74, 6) is 0.387. The molecule has 3 aromatic rings. The molecule has 0 radical (unpaired) electrons. The van der Waals surface area contributed by atoms with E-state index in [-0.39, 0.29) is 24.2 Å². The maximum atomic E-state index is 13.2. The van der Waals surface area contributed by atoms with E-state index in [4.69, 9.17) is 4.74 Å². The maximum Gasteiger partial charge on any atom is 0.265 e. The van der Waals surface area contributed by atoms with Crippen LogP contribution in [-0.4, -0.2) is 39.1 Å². The zero-order chi connectivity index (χ0) is 18.8. The van der Waals surface area contributed by atoms with Crippen molar-refractivity contribution in [3.8, 4) is 5.75 Å². The SMILES string of the molecule is Cc1ncsc1C(=O)N1CCC(c2cc(COc3cccc(F)c3)[nH]n2)C1. The molecule has 27 heavy (non-hydrogen) atoms. The Morgan fingerprint density at radius 1 is 1.44 bits per heavy atom. The molecule has 1 saturated heterocycles. The predicted molar refractivity (Wildman–Crippen MR) is 99.4 cm³/mol. The molecule has 1 aliphatic heterocycles. The molecule has 0 saturated carbocycles. The van der Waals surface area contributed by atoms with E-state index < -0.39 is 0 Å². The van der Waals surface area contributed by atoms with Crippen LogP contribution in [0.4, 0.5) is 4.39 Å². The van der Waals surface area contributed by atoms with Crippen LogP contribution in [0.25, 0.3) is 0 Å². The van der Waals surface area contributed by atoms with Gasteiger partial charge in [-0.3, -0.25) is 9.89 Å². The number of aromatic nitrogens is 3. The molecular formula is C19H19FN4O2S. The summed E-state index contributed by atoms with van der Waals surface area (Å²) in [6.45, 7) is 3.50. The monoisotopic (exact) mass is 386 g/mol. The van der Waals surface area contributed by atoms with Crippen molar-refractivity contribution in [3.05, 3.63) is 63.6 Å². The lowest BCUT2D eigenvalue weighted by molar-refractivity contribution is 0.0794. The third-order valence-electron chi connectivity index (χ3n) is 4.67. The van der Waals surface area contributed by atoms with Crippen molar-refractivity contribution < 1.29 is 13.9 Å². The number of amides is 1. The highest BCUT2D eigenvalue weighted by Crippen LogP contribution is 2.28. The number of nitrogens with one attached hydrogen (secondary N) is 1. The predicted octanol–water partition coefficient (Wildman–Crippen LogP) is 3.52. The lowest BCUT2D eigenvalue weighted by Gasteiger charge is -2.15. The van der Waals surface area contributed by atoms with Gasteiger partial charge in [0.2, 0.25) is 0 Å². The van der Waals surface area contributed by atoms with Crippen molar-refractivity contribution in [2.24, 2.45) is 0 Å². The Morgan fingerprint density at radius 2 is 2.33 bits per heavy atom. The first-order valence-electron chi connectivity index (χ1n) is 8.72. The average Bonchev–Trinajstić information content (AvgIpc) is 3.40. The quantitative estimate of drug-likeness (QED) is 0.728. The van der Waals surface area contributed by atoms with Gasteiger partial charge in [-0.05, 0) is 31.5 Å². The molecule has 0 spiro atoms. The van der Waals surface area contributed by atoms with E-state index in [0.717, 1.165) is 23.5 Å². The molecule has 1 aliphatic rings. The van der Waals surface area contributed by atoms with Gasteiger partial charge in [-0.25, -0.2) is 9.37 Å². The van der Waals surface area contributed by atoms with Crippen LogP contribution in [0, 0.1) is 12.7 Å². The normalized spacial score (nSPS) is 16.7. The Balaban J connectivity index is 1.36. The van der Waals surface area contributed by atoms with Crippen molar-refractivity contribution in [1.82, 2.24) is 20.1 Å². The molecule has 1 fully saturated rings. The summed E-state index contributed by atoms with van der Waals surface area (Å²) in [5.41, 5.74) is 4.22. The van der Waals surface area contributed by atoms with Crippen LogP contribution in [0.3, 0.4) is 0 Å². The lowest BCUT2D eigenvalue weighted by Crippen LogP contribution is -2.28. The number of halogens is 1. The molecular weight excluding hydrogens is 367 g/mol. The number of hydrogen-bond acceptors (Lipinski definition) is 5. The number of carbonyl (C=O) groups excluding carboxylic acids is 1. The van der Waals surface area contributed by atoms with E-state index in [0.29, 0.717) is 23.7 Å². The van der Waals surface area contributed by atoms with Crippen molar-refractivity contribution >= 4 is 17.2 Å². The largest absolute Gasteiger partial charge is 0.487 e. The van der Waals surface area contributed by atoms with Crippen LogP contribution < -0.4 is 4.74 Å². The van der Waals surface area contributed by atoms with Gasteiger partial charge in [-0.15, -0.1) is 11.3 Å². The van der Waals surface area contributed by atoms with E-state index in [1.165, 1.54) is 23.5 Å². The first kappa shape index (κ1) is 17.7. The second-order valence-electron chi connectivity index (χ2n) is 6.57. The van der Waals surface area contributed by atoms with Crippen LogP contribution >= 0.6 is 11.3 Å². The first-order chi connectivity index (χ1) is 13.1. The molecule has 6 nitrogen and oxygen atoms in total. The standard InChI is InChI=1S/C19H19FN4O2S/c1-12-18(27-11-21-12)19(25)24-6-5-13(9-24)17-8-15(22-23-17)10-26-16-4-2-3-14(20)7-16/h2-4,7-8,11,13H,5-6,9-10H2,1H3,(H,22,23). The number of H-pyrrole nitrogens is 1. The second-order valence-corrected chi connectivity index (χ2v) is 7.42. The fourth-order valence-electron chi connectivity index (χ4n) is 3.22. The Hall–Kier alpha value is -2.74. The molecule has 2 aromatic heterocycles. The minimum atomic E-state index is -0.329. The van der Waals surface area contributed by atoms with Gasteiger partial charge in [0.05, 0.1) is 22.6 Å². The van der Waals surface area contributed by atoms with Gasteiger partial charge < -0.3 is 9.64 Å². The molecule has 1 N–H and O–H groups in total. The lowest BCUT2D eigenvalue weighted by atomic mass is 10.1.